The lowest BCUT2D eigenvalue weighted by molar-refractivity contribution is -0.132. The molecule has 2 heterocycles. The van der Waals surface area contributed by atoms with Gasteiger partial charge in [-0.25, -0.2) is 0 Å². The number of fused-ring (bicyclic) bond motifs is 1. The molecule has 1 aromatic carbocycles. The first kappa shape index (κ1) is 12.7. The minimum absolute atomic E-state index is 0.0878. The second kappa shape index (κ2) is 5.36. The number of benzene rings is 1. The van der Waals surface area contributed by atoms with Crippen LogP contribution in [0.2, 0.25) is 0 Å². The summed E-state index contributed by atoms with van der Waals surface area (Å²) in [6, 6.07) is 10.0. The van der Waals surface area contributed by atoms with Gasteiger partial charge in [-0.15, -0.1) is 0 Å². The van der Waals surface area contributed by atoms with Crippen LogP contribution in [0, 0.1) is 0 Å². The number of nitrogens with zero attached hydrogens (tertiary/aromatic N) is 3. The maximum absolute atomic E-state index is 12.4. The second-order valence-electron chi connectivity index (χ2n) is 5.13. The molecule has 1 aromatic heterocycles. The van der Waals surface area contributed by atoms with Crippen molar-refractivity contribution in [1.29, 1.82) is 0 Å². The summed E-state index contributed by atoms with van der Waals surface area (Å²) >= 11 is 0. The molecule has 1 aliphatic rings. The fourth-order valence-corrected chi connectivity index (χ4v) is 2.62. The largest absolute Gasteiger partial charge is 0.382 e. The van der Waals surface area contributed by atoms with Crippen molar-refractivity contribution in [3.63, 3.8) is 0 Å². The summed E-state index contributed by atoms with van der Waals surface area (Å²) in [5, 5.41) is 4.06. The number of aromatic nitrogens is 2. The van der Waals surface area contributed by atoms with Crippen LogP contribution in [0.15, 0.2) is 36.5 Å². The smallest absolute Gasteiger partial charge is 0.244 e. The monoisotopic (exact) mass is 270 g/mol. The van der Waals surface area contributed by atoms with E-state index in [1.54, 1.807) is 16.9 Å². The number of aryl methyl sites for hydroxylation is 1. The van der Waals surface area contributed by atoms with Gasteiger partial charge in [0.1, 0.15) is 12.4 Å². The Morgan fingerprint density at radius 3 is 2.80 bits per heavy atom. The number of anilines is 1. The van der Waals surface area contributed by atoms with Crippen LogP contribution in [0.5, 0.6) is 0 Å². The normalized spacial score (nSPS) is 14.7. The lowest BCUT2D eigenvalue weighted by Gasteiger charge is -2.20. The average molecular weight is 270 g/mol. The van der Waals surface area contributed by atoms with Crippen molar-refractivity contribution in [2.75, 3.05) is 12.3 Å². The van der Waals surface area contributed by atoms with Crippen LogP contribution in [0.25, 0.3) is 0 Å². The van der Waals surface area contributed by atoms with Crippen molar-refractivity contribution in [3.8, 4) is 0 Å². The highest BCUT2D eigenvalue weighted by Crippen LogP contribution is 2.18. The summed E-state index contributed by atoms with van der Waals surface area (Å²) in [7, 11) is 0. The number of amides is 1. The topological polar surface area (TPSA) is 64.2 Å². The van der Waals surface area contributed by atoms with Crippen molar-refractivity contribution in [1.82, 2.24) is 14.7 Å². The third-order valence-electron chi connectivity index (χ3n) is 3.66. The molecule has 0 unspecified atom stereocenters. The first-order chi connectivity index (χ1) is 9.72. The van der Waals surface area contributed by atoms with Crippen LogP contribution in [0.3, 0.4) is 0 Å². The van der Waals surface area contributed by atoms with Crippen molar-refractivity contribution in [3.05, 3.63) is 47.7 Å². The SMILES string of the molecule is Nc1ccn(CC(=O)N2CCCc3ccccc3C2)n1. The molecule has 1 aliphatic heterocycles. The predicted molar refractivity (Wildman–Crippen MR) is 76.8 cm³/mol. The molecule has 20 heavy (non-hydrogen) atoms. The summed E-state index contributed by atoms with van der Waals surface area (Å²) < 4.78 is 1.59. The fraction of sp³-hybridized carbons (Fsp3) is 0.333. The quantitative estimate of drug-likeness (QED) is 0.898. The minimum atomic E-state index is 0.0878. The van der Waals surface area contributed by atoms with Gasteiger partial charge in [0.2, 0.25) is 5.91 Å². The Labute approximate surface area is 118 Å². The van der Waals surface area contributed by atoms with Crippen molar-refractivity contribution < 1.29 is 4.79 Å². The zero-order valence-corrected chi connectivity index (χ0v) is 11.3. The predicted octanol–water partition coefficient (Wildman–Crippen LogP) is 1.44. The molecule has 0 saturated heterocycles. The number of rotatable bonds is 2. The van der Waals surface area contributed by atoms with E-state index in [0.717, 1.165) is 19.4 Å². The van der Waals surface area contributed by atoms with E-state index >= 15 is 0 Å². The van der Waals surface area contributed by atoms with Crippen molar-refractivity contribution in [2.24, 2.45) is 0 Å². The number of carbonyl (C=O) groups is 1. The fourth-order valence-electron chi connectivity index (χ4n) is 2.62. The highest BCUT2D eigenvalue weighted by atomic mass is 16.2. The Hall–Kier alpha value is -2.30. The van der Waals surface area contributed by atoms with Gasteiger partial charge in [0, 0.05) is 19.3 Å². The molecule has 0 bridgehead atoms. The maximum Gasteiger partial charge on any atom is 0.244 e. The molecular formula is C15H18N4O. The van der Waals surface area contributed by atoms with Crippen molar-refractivity contribution >= 4 is 11.7 Å². The van der Waals surface area contributed by atoms with E-state index in [9.17, 15) is 4.79 Å². The van der Waals surface area contributed by atoms with Gasteiger partial charge in [0.25, 0.3) is 0 Å². The van der Waals surface area contributed by atoms with Crippen LogP contribution in [0.4, 0.5) is 5.82 Å². The molecule has 0 spiro atoms. The Morgan fingerprint density at radius 1 is 1.25 bits per heavy atom. The molecule has 3 rings (SSSR count). The summed E-state index contributed by atoms with van der Waals surface area (Å²) in [6.45, 7) is 1.73. The van der Waals surface area contributed by atoms with Gasteiger partial charge in [-0.2, -0.15) is 5.10 Å². The first-order valence-electron chi connectivity index (χ1n) is 6.86. The zero-order chi connectivity index (χ0) is 13.9. The Morgan fingerprint density at radius 2 is 2.05 bits per heavy atom. The average Bonchev–Trinajstić information content (AvgIpc) is 2.74. The molecule has 2 N–H and O–H groups in total. The van der Waals surface area contributed by atoms with E-state index in [2.05, 4.69) is 23.3 Å². The number of carbonyl (C=O) groups excluding carboxylic acids is 1. The minimum Gasteiger partial charge on any atom is -0.382 e. The molecular weight excluding hydrogens is 252 g/mol. The molecule has 0 aliphatic carbocycles. The summed E-state index contributed by atoms with van der Waals surface area (Å²) in [4.78, 5) is 14.3. The third kappa shape index (κ3) is 2.66. The van der Waals surface area contributed by atoms with Crippen LogP contribution < -0.4 is 5.73 Å². The standard InChI is InChI=1S/C15H18N4O/c16-14-7-9-19(17-14)11-15(20)18-8-3-6-12-4-1-2-5-13(12)10-18/h1-2,4-5,7,9H,3,6,8,10-11H2,(H2,16,17). The van der Waals surface area contributed by atoms with Gasteiger partial charge in [-0.3, -0.25) is 9.48 Å². The van der Waals surface area contributed by atoms with E-state index in [1.165, 1.54) is 11.1 Å². The van der Waals surface area contributed by atoms with Crippen LogP contribution >= 0.6 is 0 Å². The highest BCUT2D eigenvalue weighted by Gasteiger charge is 2.19. The maximum atomic E-state index is 12.4. The number of hydrogen-bond acceptors (Lipinski definition) is 3. The molecule has 104 valence electrons. The van der Waals surface area contributed by atoms with Gasteiger partial charge in [-0.05, 0) is 30.0 Å². The van der Waals surface area contributed by atoms with Crippen LogP contribution in [-0.2, 0) is 24.3 Å². The number of nitrogen functional groups attached to an aromatic ring is 1. The number of hydrogen-bond donors (Lipinski definition) is 1. The molecule has 5 heteroatoms. The summed E-state index contributed by atoms with van der Waals surface area (Å²) in [5.41, 5.74) is 8.17. The van der Waals surface area contributed by atoms with Crippen LogP contribution in [-0.4, -0.2) is 27.1 Å². The molecule has 2 aromatic rings. The molecule has 0 atom stereocenters. The van der Waals surface area contributed by atoms with E-state index < -0.39 is 0 Å². The Balaban J connectivity index is 1.72. The van der Waals surface area contributed by atoms with E-state index in [1.807, 2.05) is 11.0 Å². The van der Waals surface area contributed by atoms with Gasteiger partial charge < -0.3 is 10.6 Å². The zero-order valence-electron chi connectivity index (χ0n) is 11.3. The Kier molecular flexibility index (Phi) is 3.41. The molecule has 5 nitrogen and oxygen atoms in total. The van der Waals surface area contributed by atoms with E-state index in [0.29, 0.717) is 12.4 Å². The van der Waals surface area contributed by atoms with Gasteiger partial charge in [0.05, 0.1) is 0 Å². The summed E-state index contributed by atoms with van der Waals surface area (Å²) in [5.74, 6) is 0.531. The molecule has 1 amide bonds. The van der Waals surface area contributed by atoms with E-state index in [4.69, 9.17) is 5.73 Å². The second-order valence-corrected chi connectivity index (χ2v) is 5.13. The lowest BCUT2D eigenvalue weighted by atomic mass is 10.0. The van der Waals surface area contributed by atoms with Crippen molar-refractivity contribution in [2.45, 2.75) is 25.9 Å². The molecule has 0 saturated carbocycles. The van der Waals surface area contributed by atoms with Gasteiger partial charge >= 0.3 is 0 Å². The third-order valence-corrected chi connectivity index (χ3v) is 3.66. The molecule has 0 radical (unpaired) electrons. The first-order valence-corrected chi connectivity index (χ1v) is 6.86. The van der Waals surface area contributed by atoms with Gasteiger partial charge in [-0.1, -0.05) is 24.3 Å². The van der Waals surface area contributed by atoms with Crippen LogP contribution in [0.1, 0.15) is 17.5 Å². The Bertz CT molecular complexity index is 620. The van der Waals surface area contributed by atoms with Gasteiger partial charge in [0.15, 0.2) is 0 Å². The number of nitrogens with two attached hydrogens (primary N) is 1. The molecule has 0 fully saturated rings. The highest BCUT2D eigenvalue weighted by molar-refractivity contribution is 5.76. The lowest BCUT2D eigenvalue weighted by Crippen LogP contribution is -2.33. The summed E-state index contributed by atoms with van der Waals surface area (Å²) in [6.07, 6.45) is 3.78. The van der Waals surface area contributed by atoms with E-state index in [-0.39, 0.29) is 12.5 Å².